The predicted molar refractivity (Wildman–Crippen MR) is 124 cm³/mol. The lowest BCUT2D eigenvalue weighted by atomic mass is 10.0. The third-order valence-corrected chi connectivity index (χ3v) is 5.45. The van der Waals surface area contributed by atoms with Crippen molar-refractivity contribution in [1.82, 2.24) is 14.5 Å². The molecule has 1 atom stereocenters. The van der Waals surface area contributed by atoms with E-state index in [1.165, 1.54) is 12.1 Å². The van der Waals surface area contributed by atoms with Crippen molar-refractivity contribution in [3.8, 4) is 11.4 Å². The first kappa shape index (κ1) is 23.2. The molecule has 2 N–H and O–H groups in total. The second-order valence-electron chi connectivity index (χ2n) is 7.53. The fourth-order valence-corrected chi connectivity index (χ4v) is 3.67. The van der Waals surface area contributed by atoms with E-state index in [1.807, 2.05) is 66.8 Å². The number of benzene rings is 2. The maximum absolute atomic E-state index is 13.4. The molecule has 3 rings (SSSR count). The Bertz CT molecular complexity index is 1110. The van der Waals surface area contributed by atoms with E-state index < -0.39 is 5.72 Å². The van der Waals surface area contributed by atoms with E-state index in [4.69, 9.17) is 15.5 Å². The van der Waals surface area contributed by atoms with Crippen molar-refractivity contribution in [2.45, 2.75) is 26.5 Å². The topological polar surface area (TPSA) is 65.5 Å². The molecule has 1 heterocycles. The SMILES string of the molecule is C=C(/C=C/c1ccc(-n2cnc(C)c2)c(OC)c1)N(CC)C(C)(ON)c1ccc(F)cc1. The van der Waals surface area contributed by atoms with Gasteiger partial charge in [0, 0.05) is 24.0 Å². The van der Waals surface area contributed by atoms with Gasteiger partial charge in [0.25, 0.3) is 0 Å². The minimum atomic E-state index is -1.01. The van der Waals surface area contributed by atoms with E-state index >= 15 is 0 Å². The van der Waals surface area contributed by atoms with Crippen LogP contribution in [0.4, 0.5) is 4.39 Å². The summed E-state index contributed by atoms with van der Waals surface area (Å²) in [4.78, 5) is 11.6. The molecule has 0 spiro atoms. The molecule has 6 nitrogen and oxygen atoms in total. The van der Waals surface area contributed by atoms with Crippen LogP contribution in [0.3, 0.4) is 0 Å². The van der Waals surface area contributed by atoms with Crippen molar-refractivity contribution in [2.75, 3.05) is 13.7 Å². The maximum Gasteiger partial charge on any atom is 0.183 e. The number of hydrogen-bond acceptors (Lipinski definition) is 5. The van der Waals surface area contributed by atoms with Crippen molar-refractivity contribution in [3.63, 3.8) is 0 Å². The number of rotatable bonds is 9. The summed E-state index contributed by atoms with van der Waals surface area (Å²) in [6, 6.07) is 12.0. The fourth-order valence-electron chi connectivity index (χ4n) is 3.67. The molecule has 0 aliphatic heterocycles. The molecule has 0 fully saturated rings. The predicted octanol–water partition coefficient (Wildman–Crippen LogP) is 4.94. The zero-order valence-corrected chi connectivity index (χ0v) is 18.9. The lowest BCUT2D eigenvalue weighted by Crippen LogP contribution is -2.46. The fraction of sp³-hybridized carbons (Fsp3) is 0.240. The molecule has 0 bridgehead atoms. The number of halogens is 1. The van der Waals surface area contributed by atoms with Crippen molar-refractivity contribution < 1.29 is 14.0 Å². The second kappa shape index (κ2) is 9.80. The number of aromatic nitrogens is 2. The molecular formula is C25H29FN4O2. The summed E-state index contributed by atoms with van der Waals surface area (Å²) in [6.45, 7) is 10.5. The van der Waals surface area contributed by atoms with Gasteiger partial charge < -0.3 is 14.2 Å². The van der Waals surface area contributed by atoms with E-state index in [0.717, 1.165) is 28.3 Å². The number of nitrogens with zero attached hydrogens (tertiary/aromatic N) is 3. The first-order chi connectivity index (χ1) is 15.3. The Kier molecular flexibility index (Phi) is 7.12. The number of methoxy groups -OCH3 is 1. The molecule has 0 saturated carbocycles. The molecular weight excluding hydrogens is 407 g/mol. The molecule has 1 unspecified atom stereocenters. The zero-order valence-electron chi connectivity index (χ0n) is 18.9. The molecule has 0 amide bonds. The van der Waals surface area contributed by atoms with Gasteiger partial charge in [-0.2, -0.15) is 0 Å². The summed E-state index contributed by atoms with van der Waals surface area (Å²) in [6.07, 6.45) is 7.53. The number of hydrogen-bond donors (Lipinski definition) is 1. The highest BCUT2D eigenvalue weighted by atomic mass is 19.1. The number of aryl methyl sites for hydroxylation is 1. The van der Waals surface area contributed by atoms with Gasteiger partial charge in [-0.15, -0.1) is 0 Å². The van der Waals surface area contributed by atoms with Crippen LogP contribution in [0.15, 0.2) is 73.3 Å². The normalized spacial score (nSPS) is 13.2. The minimum Gasteiger partial charge on any atom is -0.495 e. The highest BCUT2D eigenvalue weighted by Crippen LogP contribution is 2.32. The number of ether oxygens (including phenoxy) is 1. The van der Waals surface area contributed by atoms with Crippen LogP contribution in [0.25, 0.3) is 11.8 Å². The van der Waals surface area contributed by atoms with Gasteiger partial charge in [0.15, 0.2) is 5.72 Å². The second-order valence-corrected chi connectivity index (χ2v) is 7.53. The van der Waals surface area contributed by atoms with Crippen LogP contribution in [0, 0.1) is 12.7 Å². The highest BCUT2D eigenvalue weighted by Gasteiger charge is 2.34. The molecule has 0 saturated heterocycles. The van der Waals surface area contributed by atoms with Crippen LogP contribution in [-0.4, -0.2) is 28.1 Å². The Morgan fingerprint density at radius 1 is 1.28 bits per heavy atom. The standard InChI is InChI=1S/C25H29FN4O2/c1-6-30(25(4,32-27)21-10-12-22(26)13-11-21)19(3)7-8-20-9-14-23(24(15-20)31-5)29-16-18(2)28-17-29/h7-17H,3,6,27H2,1-2,4-5H3/b8-7+. The Balaban J connectivity index is 1.85. The minimum absolute atomic E-state index is 0.321. The number of likely N-dealkylation sites (N-methyl/N-ethyl adjacent to an activating group) is 1. The summed E-state index contributed by atoms with van der Waals surface area (Å²) in [5.74, 6) is 6.09. The van der Waals surface area contributed by atoms with E-state index in [2.05, 4.69) is 11.6 Å². The number of allylic oxidation sites excluding steroid dienone is 1. The van der Waals surface area contributed by atoms with E-state index in [9.17, 15) is 4.39 Å². The Hall–Kier alpha value is -3.42. The smallest absolute Gasteiger partial charge is 0.183 e. The van der Waals surface area contributed by atoms with Gasteiger partial charge in [0.2, 0.25) is 0 Å². The van der Waals surface area contributed by atoms with Gasteiger partial charge >= 0.3 is 0 Å². The largest absolute Gasteiger partial charge is 0.495 e. The molecule has 0 aliphatic carbocycles. The summed E-state index contributed by atoms with van der Waals surface area (Å²) < 4.78 is 20.9. The van der Waals surface area contributed by atoms with Gasteiger partial charge in [-0.1, -0.05) is 30.9 Å². The molecule has 2 aromatic carbocycles. The molecule has 168 valence electrons. The van der Waals surface area contributed by atoms with Crippen molar-refractivity contribution >= 4 is 6.08 Å². The van der Waals surface area contributed by atoms with Crippen molar-refractivity contribution in [3.05, 3.63) is 96.0 Å². The Labute approximate surface area is 188 Å². The maximum atomic E-state index is 13.4. The quantitative estimate of drug-likeness (QED) is 0.292. The van der Waals surface area contributed by atoms with Gasteiger partial charge in [0.1, 0.15) is 11.6 Å². The van der Waals surface area contributed by atoms with Crippen molar-refractivity contribution in [2.24, 2.45) is 5.90 Å². The summed E-state index contributed by atoms with van der Waals surface area (Å²) in [7, 11) is 1.64. The molecule has 0 radical (unpaired) electrons. The average Bonchev–Trinajstić information content (AvgIpc) is 3.24. The summed E-state index contributed by atoms with van der Waals surface area (Å²) >= 11 is 0. The summed E-state index contributed by atoms with van der Waals surface area (Å²) in [5.41, 5.74) is 3.18. The monoisotopic (exact) mass is 436 g/mol. The van der Waals surface area contributed by atoms with Crippen LogP contribution in [-0.2, 0) is 10.6 Å². The first-order valence-electron chi connectivity index (χ1n) is 10.3. The first-order valence-corrected chi connectivity index (χ1v) is 10.3. The molecule has 1 aromatic heterocycles. The molecule has 32 heavy (non-hydrogen) atoms. The molecule has 3 aromatic rings. The Morgan fingerprint density at radius 3 is 2.56 bits per heavy atom. The van der Waals surface area contributed by atoms with Crippen LogP contribution < -0.4 is 10.6 Å². The van der Waals surface area contributed by atoms with E-state index in [0.29, 0.717) is 12.2 Å². The van der Waals surface area contributed by atoms with Crippen LogP contribution in [0.2, 0.25) is 0 Å². The highest BCUT2D eigenvalue weighted by molar-refractivity contribution is 5.60. The third kappa shape index (κ3) is 4.74. The van der Waals surface area contributed by atoms with Gasteiger partial charge in [-0.25, -0.2) is 15.3 Å². The van der Waals surface area contributed by atoms with Crippen LogP contribution >= 0.6 is 0 Å². The van der Waals surface area contributed by atoms with Crippen molar-refractivity contribution in [1.29, 1.82) is 0 Å². The van der Waals surface area contributed by atoms with Gasteiger partial charge in [-0.05, 0) is 56.7 Å². The van der Waals surface area contributed by atoms with E-state index in [1.54, 1.807) is 25.6 Å². The average molecular weight is 437 g/mol. The molecule has 7 heteroatoms. The van der Waals surface area contributed by atoms with Crippen LogP contribution in [0.1, 0.15) is 30.7 Å². The number of imidazole rings is 1. The lowest BCUT2D eigenvalue weighted by molar-refractivity contribution is -0.137. The molecule has 0 aliphatic rings. The van der Waals surface area contributed by atoms with Gasteiger partial charge in [0.05, 0.1) is 24.8 Å². The summed E-state index contributed by atoms with van der Waals surface area (Å²) in [5, 5.41) is 0. The van der Waals surface area contributed by atoms with Gasteiger partial charge in [-0.3, -0.25) is 4.84 Å². The number of nitrogens with two attached hydrogens (primary N) is 1. The lowest BCUT2D eigenvalue weighted by Gasteiger charge is -2.41. The third-order valence-electron chi connectivity index (χ3n) is 5.45. The van der Waals surface area contributed by atoms with E-state index in [-0.39, 0.29) is 5.82 Å². The Morgan fingerprint density at radius 2 is 2.00 bits per heavy atom. The zero-order chi connectivity index (χ0) is 23.3. The van der Waals surface area contributed by atoms with Crippen LogP contribution in [0.5, 0.6) is 5.75 Å².